The SMILES string of the molecule is C#CCOc1ccc(C(=O)NC(C(=O)NO)C(C)(C)N)cc1. The number of ether oxygens (including phenoxy) is 1. The van der Waals surface area contributed by atoms with Crippen LogP contribution >= 0.6 is 0 Å². The number of nitrogens with two attached hydrogens (primary N) is 1. The summed E-state index contributed by atoms with van der Waals surface area (Å²) < 4.78 is 5.20. The molecule has 7 heteroatoms. The predicted octanol–water partition coefficient (Wildman–Crippen LogP) is 0.0397. The van der Waals surface area contributed by atoms with Gasteiger partial charge in [0.1, 0.15) is 18.4 Å². The Hall–Kier alpha value is -2.56. The van der Waals surface area contributed by atoms with Crippen LogP contribution in [0, 0.1) is 12.3 Å². The molecule has 22 heavy (non-hydrogen) atoms. The van der Waals surface area contributed by atoms with Crippen molar-refractivity contribution in [1.82, 2.24) is 10.8 Å². The molecular formula is C15H19N3O4. The normalized spacial score (nSPS) is 12.0. The van der Waals surface area contributed by atoms with Crippen molar-refractivity contribution < 1.29 is 19.5 Å². The summed E-state index contributed by atoms with van der Waals surface area (Å²) in [6.07, 6.45) is 5.08. The van der Waals surface area contributed by atoms with Gasteiger partial charge in [0, 0.05) is 11.1 Å². The molecule has 0 fully saturated rings. The first kappa shape index (κ1) is 17.5. The highest BCUT2D eigenvalue weighted by molar-refractivity contribution is 5.97. The van der Waals surface area contributed by atoms with E-state index in [-0.39, 0.29) is 6.61 Å². The van der Waals surface area contributed by atoms with Crippen molar-refractivity contribution in [2.75, 3.05) is 6.61 Å². The van der Waals surface area contributed by atoms with Gasteiger partial charge >= 0.3 is 0 Å². The van der Waals surface area contributed by atoms with Gasteiger partial charge in [0.05, 0.1) is 0 Å². The fraction of sp³-hybridized carbons (Fsp3) is 0.333. The highest BCUT2D eigenvalue weighted by Crippen LogP contribution is 2.13. The maximum Gasteiger partial charge on any atom is 0.267 e. The number of hydrogen-bond donors (Lipinski definition) is 4. The number of carbonyl (C=O) groups excluding carboxylic acids is 2. The molecular weight excluding hydrogens is 286 g/mol. The van der Waals surface area contributed by atoms with Crippen molar-refractivity contribution in [3.63, 3.8) is 0 Å². The lowest BCUT2D eigenvalue weighted by molar-refractivity contribution is -0.132. The number of benzene rings is 1. The average molecular weight is 305 g/mol. The van der Waals surface area contributed by atoms with Crippen LogP contribution in [0.15, 0.2) is 24.3 Å². The Kier molecular flexibility index (Phi) is 5.92. The zero-order chi connectivity index (χ0) is 16.8. The summed E-state index contributed by atoms with van der Waals surface area (Å²) in [6.45, 7) is 3.25. The van der Waals surface area contributed by atoms with Gasteiger partial charge in [0.25, 0.3) is 11.8 Å². The zero-order valence-corrected chi connectivity index (χ0v) is 12.4. The first-order valence-electron chi connectivity index (χ1n) is 6.49. The minimum absolute atomic E-state index is 0.131. The number of nitrogens with one attached hydrogen (secondary N) is 2. The number of hydroxylamine groups is 1. The Morgan fingerprint density at radius 1 is 1.41 bits per heavy atom. The van der Waals surface area contributed by atoms with E-state index in [0.29, 0.717) is 11.3 Å². The third-order valence-electron chi connectivity index (χ3n) is 2.83. The Morgan fingerprint density at radius 3 is 2.45 bits per heavy atom. The van der Waals surface area contributed by atoms with E-state index in [2.05, 4.69) is 11.2 Å². The topological polar surface area (TPSA) is 114 Å². The first-order valence-corrected chi connectivity index (χ1v) is 6.49. The molecule has 0 saturated heterocycles. The molecule has 0 aromatic heterocycles. The van der Waals surface area contributed by atoms with E-state index in [0.717, 1.165) is 0 Å². The lowest BCUT2D eigenvalue weighted by Gasteiger charge is -2.29. The minimum atomic E-state index is -1.10. The average Bonchev–Trinajstić information content (AvgIpc) is 2.49. The summed E-state index contributed by atoms with van der Waals surface area (Å²) in [7, 11) is 0. The fourth-order valence-corrected chi connectivity index (χ4v) is 1.70. The van der Waals surface area contributed by atoms with E-state index in [1.807, 2.05) is 0 Å². The van der Waals surface area contributed by atoms with E-state index < -0.39 is 23.4 Å². The van der Waals surface area contributed by atoms with E-state index in [9.17, 15) is 9.59 Å². The molecule has 0 aliphatic carbocycles. The van der Waals surface area contributed by atoms with Gasteiger partial charge in [-0.15, -0.1) is 6.42 Å². The smallest absolute Gasteiger partial charge is 0.267 e. The third kappa shape index (κ3) is 4.77. The molecule has 0 saturated carbocycles. The van der Waals surface area contributed by atoms with Crippen molar-refractivity contribution in [1.29, 1.82) is 0 Å². The van der Waals surface area contributed by atoms with Crippen LogP contribution in [0.1, 0.15) is 24.2 Å². The predicted molar refractivity (Wildman–Crippen MR) is 80.2 cm³/mol. The molecule has 1 unspecified atom stereocenters. The largest absolute Gasteiger partial charge is 0.481 e. The van der Waals surface area contributed by atoms with Crippen LogP contribution in [-0.4, -0.2) is 35.2 Å². The van der Waals surface area contributed by atoms with Crippen molar-refractivity contribution in [2.45, 2.75) is 25.4 Å². The van der Waals surface area contributed by atoms with Crippen LogP contribution < -0.4 is 21.3 Å². The molecule has 0 bridgehead atoms. The minimum Gasteiger partial charge on any atom is -0.481 e. The maximum absolute atomic E-state index is 12.1. The van der Waals surface area contributed by atoms with Crippen LogP contribution in [0.4, 0.5) is 0 Å². The Balaban J connectivity index is 2.82. The lowest BCUT2D eigenvalue weighted by Crippen LogP contribution is -2.61. The van der Waals surface area contributed by atoms with E-state index in [1.54, 1.807) is 26.0 Å². The van der Waals surface area contributed by atoms with Gasteiger partial charge in [-0.3, -0.25) is 14.8 Å². The molecule has 5 N–H and O–H groups in total. The molecule has 7 nitrogen and oxygen atoms in total. The van der Waals surface area contributed by atoms with Gasteiger partial charge in [-0.05, 0) is 38.1 Å². The second-order valence-electron chi connectivity index (χ2n) is 5.22. The maximum atomic E-state index is 12.1. The number of amides is 2. The summed E-state index contributed by atoms with van der Waals surface area (Å²) in [4.78, 5) is 23.7. The standard InChI is InChI=1S/C15H19N3O4/c1-4-9-22-11-7-5-10(6-8-11)13(19)17-12(14(20)18-21)15(2,3)16/h1,5-8,12,21H,9,16H2,2-3H3,(H,17,19)(H,18,20). The summed E-state index contributed by atoms with van der Waals surface area (Å²) in [5.74, 6) is 1.56. The Labute approximate surface area is 128 Å². The summed E-state index contributed by atoms with van der Waals surface area (Å²) >= 11 is 0. The van der Waals surface area contributed by atoms with E-state index in [4.69, 9.17) is 22.1 Å². The molecule has 1 rings (SSSR count). The molecule has 2 amide bonds. The van der Waals surface area contributed by atoms with Crippen molar-refractivity contribution >= 4 is 11.8 Å². The molecule has 0 spiro atoms. The number of hydrogen-bond acceptors (Lipinski definition) is 5. The molecule has 0 aliphatic heterocycles. The summed E-state index contributed by atoms with van der Waals surface area (Å²) in [5.41, 5.74) is 6.58. The van der Waals surface area contributed by atoms with Crippen molar-refractivity contribution in [3.05, 3.63) is 29.8 Å². The quantitative estimate of drug-likeness (QED) is 0.337. The first-order chi connectivity index (χ1) is 10.3. The second kappa shape index (κ2) is 7.45. The molecule has 0 radical (unpaired) electrons. The van der Waals surface area contributed by atoms with Crippen molar-refractivity contribution in [3.8, 4) is 18.1 Å². The summed E-state index contributed by atoms with van der Waals surface area (Å²) in [5, 5.41) is 11.2. The lowest BCUT2D eigenvalue weighted by atomic mass is 9.95. The van der Waals surface area contributed by atoms with E-state index in [1.165, 1.54) is 17.6 Å². The molecule has 1 aromatic rings. The second-order valence-corrected chi connectivity index (χ2v) is 5.22. The number of terminal acetylenes is 1. The van der Waals surface area contributed by atoms with E-state index >= 15 is 0 Å². The fourth-order valence-electron chi connectivity index (χ4n) is 1.70. The highest BCUT2D eigenvalue weighted by Gasteiger charge is 2.33. The molecule has 0 heterocycles. The molecule has 1 aromatic carbocycles. The van der Waals surface area contributed by atoms with Crippen LogP contribution in [0.3, 0.4) is 0 Å². The van der Waals surface area contributed by atoms with Gasteiger partial charge in [-0.2, -0.15) is 0 Å². The molecule has 118 valence electrons. The molecule has 1 atom stereocenters. The van der Waals surface area contributed by atoms with Crippen molar-refractivity contribution in [2.24, 2.45) is 5.73 Å². The molecule has 0 aliphatic rings. The van der Waals surface area contributed by atoms with Crippen LogP contribution in [-0.2, 0) is 4.79 Å². The zero-order valence-electron chi connectivity index (χ0n) is 12.4. The van der Waals surface area contributed by atoms with Crippen LogP contribution in [0.5, 0.6) is 5.75 Å². The van der Waals surface area contributed by atoms with Gasteiger partial charge in [-0.1, -0.05) is 5.92 Å². The van der Waals surface area contributed by atoms with Gasteiger partial charge < -0.3 is 15.8 Å². The number of carbonyl (C=O) groups is 2. The van der Waals surface area contributed by atoms with Gasteiger partial charge in [-0.25, -0.2) is 5.48 Å². The Bertz CT molecular complexity index is 570. The number of rotatable bonds is 6. The third-order valence-corrected chi connectivity index (χ3v) is 2.83. The summed E-state index contributed by atoms with van der Waals surface area (Å²) in [6, 6.07) is 5.13. The van der Waals surface area contributed by atoms with Gasteiger partial charge in [0.15, 0.2) is 0 Å². The monoisotopic (exact) mass is 305 g/mol. The highest BCUT2D eigenvalue weighted by atomic mass is 16.5. The Morgan fingerprint density at radius 2 is 2.00 bits per heavy atom. The van der Waals surface area contributed by atoms with Crippen LogP contribution in [0.2, 0.25) is 0 Å². The van der Waals surface area contributed by atoms with Gasteiger partial charge in [0.2, 0.25) is 0 Å². The van der Waals surface area contributed by atoms with Crippen LogP contribution in [0.25, 0.3) is 0 Å².